The number of carbonyl (C=O) groups excluding carboxylic acids is 1. The van der Waals surface area contributed by atoms with Gasteiger partial charge in [-0.15, -0.1) is 0 Å². The van der Waals surface area contributed by atoms with E-state index in [2.05, 4.69) is 10.5 Å². The maximum atomic E-state index is 12.5. The lowest BCUT2D eigenvalue weighted by Crippen LogP contribution is -2.46. The molecule has 0 radical (unpaired) electrons. The van der Waals surface area contributed by atoms with Crippen LogP contribution in [0.4, 0.5) is 5.69 Å². The van der Waals surface area contributed by atoms with E-state index in [1.165, 1.54) is 6.92 Å². The number of sulfonamides is 1. The molecule has 2 aromatic rings. The fourth-order valence-corrected chi connectivity index (χ4v) is 3.65. The van der Waals surface area contributed by atoms with Crippen LogP contribution in [0.5, 0.6) is 0 Å². The number of benzene rings is 2. The van der Waals surface area contributed by atoms with Crippen molar-refractivity contribution in [2.75, 3.05) is 10.6 Å². The third kappa shape index (κ3) is 4.92. The normalized spacial score (nSPS) is 13.2. The number of anilines is 1. The SMILES string of the molecule is C/C(=N/NC(=O)[C@H](C)N(c1ccccc1)S(C)(=O)=O)c1ccc(C)cc1. The van der Waals surface area contributed by atoms with Crippen molar-refractivity contribution in [3.63, 3.8) is 0 Å². The number of rotatable bonds is 6. The Labute approximate surface area is 154 Å². The standard InChI is InChI=1S/C19H23N3O3S/c1-14-10-12-17(13-11-14)15(2)20-21-19(23)16(3)22(26(4,24)25)18-8-6-5-7-9-18/h5-13,16H,1-4H3,(H,21,23)/b20-15-/t16-/m0/s1. The van der Waals surface area contributed by atoms with Gasteiger partial charge < -0.3 is 0 Å². The van der Waals surface area contributed by atoms with E-state index < -0.39 is 22.0 Å². The van der Waals surface area contributed by atoms with E-state index in [1.807, 2.05) is 31.2 Å². The molecule has 0 fully saturated rings. The molecule has 0 heterocycles. The fraction of sp³-hybridized carbons (Fsp3) is 0.263. The van der Waals surface area contributed by atoms with E-state index in [1.54, 1.807) is 37.3 Å². The van der Waals surface area contributed by atoms with Crippen molar-refractivity contribution >= 4 is 27.3 Å². The van der Waals surface area contributed by atoms with Crippen molar-refractivity contribution in [3.05, 3.63) is 65.7 Å². The first-order valence-corrected chi connectivity index (χ1v) is 10.0. The third-order valence-corrected chi connectivity index (χ3v) is 5.14. The molecule has 0 aliphatic rings. The highest BCUT2D eigenvalue weighted by molar-refractivity contribution is 7.92. The molecule has 1 N–H and O–H groups in total. The molecular weight excluding hydrogens is 350 g/mol. The van der Waals surface area contributed by atoms with Crippen LogP contribution in [-0.2, 0) is 14.8 Å². The maximum absolute atomic E-state index is 12.5. The predicted octanol–water partition coefficient (Wildman–Crippen LogP) is 2.69. The van der Waals surface area contributed by atoms with Crippen molar-refractivity contribution in [2.45, 2.75) is 26.8 Å². The summed E-state index contributed by atoms with van der Waals surface area (Å²) in [5, 5.41) is 4.10. The molecule has 0 spiro atoms. The number of hydrogen-bond acceptors (Lipinski definition) is 4. The predicted molar refractivity (Wildman–Crippen MR) is 105 cm³/mol. The van der Waals surface area contributed by atoms with E-state index in [9.17, 15) is 13.2 Å². The van der Waals surface area contributed by atoms with Crippen LogP contribution < -0.4 is 9.73 Å². The van der Waals surface area contributed by atoms with Crippen LogP contribution in [0.1, 0.15) is 25.0 Å². The molecule has 2 aromatic carbocycles. The van der Waals surface area contributed by atoms with E-state index in [0.717, 1.165) is 21.7 Å². The van der Waals surface area contributed by atoms with E-state index in [-0.39, 0.29) is 0 Å². The Balaban J connectivity index is 2.19. The highest BCUT2D eigenvalue weighted by atomic mass is 32.2. The van der Waals surface area contributed by atoms with Gasteiger partial charge in [0.2, 0.25) is 10.0 Å². The highest BCUT2D eigenvalue weighted by Crippen LogP contribution is 2.20. The number of nitrogens with one attached hydrogen (secondary N) is 1. The van der Waals surface area contributed by atoms with Gasteiger partial charge >= 0.3 is 0 Å². The summed E-state index contributed by atoms with van der Waals surface area (Å²) in [5.41, 5.74) is 5.54. The van der Waals surface area contributed by atoms with Gasteiger partial charge in [-0.1, -0.05) is 48.0 Å². The van der Waals surface area contributed by atoms with Gasteiger partial charge in [-0.25, -0.2) is 13.8 Å². The molecule has 0 aliphatic heterocycles. The number of aryl methyl sites for hydroxylation is 1. The second-order valence-corrected chi connectivity index (χ2v) is 7.97. The number of carbonyl (C=O) groups is 1. The number of nitrogens with zero attached hydrogens (tertiary/aromatic N) is 2. The molecule has 0 aromatic heterocycles. The molecule has 0 saturated carbocycles. The molecule has 0 unspecified atom stereocenters. The summed E-state index contributed by atoms with van der Waals surface area (Å²) in [6.45, 7) is 5.30. The van der Waals surface area contributed by atoms with Crippen LogP contribution in [0.25, 0.3) is 0 Å². The van der Waals surface area contributed by atoms with Crippen LogP contribution >= 0.6 is 0 Å². The van der Waals surface area contributed by atoms with Crippen LogP contribution in [0, 0.1) is 6.92 Å². The number of para-hydroxylation sites is 1. The summed E-state index contributed by atoms with van der Waals surface area (Å²) in [7, 11) is -3.63. The van der Waals surface area contributed by atoms with E-state index >= 15 is 0 Å². The van der Waals surface area contributed by atoms with E-state index in [0.29, 0.717) is 11.4 Å². The minimum Gasteiger partial charge on any atom is -0.271 e. The van der Waals surface area contributed by atoms with Crippen LogP contribution in [0.2, 0.25) is 0 Å². The summed E-state index contributed by atoms with van der Waals surface area (Å²) in [4.78, 5) is 12.5. The summed E-state index contributed by atoms with van der Waals surface area (Å²) < 4.78 is 25.4. The molecule has 7 heteroatoms. The molecule has 138 valence electrons. The molecule has 0 aliphatic carbocycles. The average molecular weight is 373 g/mol. The Kier molecular flexibility index (Phi) is 6.15. The quantitative estimate of drug-likeness (QED) is 0.625. The lowest BCUT2D eigenvalue weighted by atomic mass is 10.1. The van der Waals surface area contributed by atoms with Crippen molar-refractivity contribution < 1.29 is 13.2 Å². The van der Waals surface area contributed by atoms with Gasteiger partial charge in [-0.3, -0.25) is 9.10 Å². The molecule has 0 bridgehead atoms. The first-order valence-electron chi connectivity index (χ1n) is 8.16. The van der Waals surface area contributed by atoms with Gasteiger partial charge in [-0.2, -0.15) is 5.10 Å². The fourth-order valence-electron chi connectivity index (χ4n) is 2.48. The van der Waals surface area contributed by atoms with Crippen LogP contribution in [-0.4, -0.2) is 32.3 Å². The van der Waals surface area contributed by atoms with Crippen LogP contribution in [0.15, 0.2) is 59.7 Å². The summed E-state index contributed by atoms with van der Waals surface area (Å²) in [6, 6.07) is 15.3. The summed E-state index contributed by atoms with van der Waals surface area (Å²) >= 11 is 0. The number of hydrogen-bond donors (Lipinski definition) is 1. The minimum atomic E-state index is -3.63. The molecule has 0 saturated heterocycles. The zero-order valence-corrected chi connectivity index (χ0v) is 16.1. The average Bonchev–Trinajstić information content (AvgIpc) is 2.59. The van der Waals surface area contributed by atoms with E-state index in [4.69, 9.17) is 0 Å². The molecule has 1 atom stereocenters. The van der Waals surface area contributed by atoms with Crippen molar-refractivity contribution in [1.29, 1.82) is 0 Å². The van der Waals surface area contributed by atoms with Gasteiger partial charge in [0.25, 0.3) is 5.91 Å². The van der Waals surface area contributed by atoms with Gasteiger partial charge in [0.05, 0.1) is 17.7 Å². The Morgan fingerprint density at radius 2 is 1.65 bits per heavy atom. The summed E-state index contributed by atoms with van der Waals surface area (Å²) in [5.74, 6) is -0.509. The third-order valence-electron chi connectivity index (χ3n) is 3.90. The lowest BCUT2D eigenvalue weighted by molar-refractivity contribution is -0.121. The van der Waals surface area contributed by atoms with Gasteiger partial charge in [-0.05, 0) is 38.5 Å². The van der Waals surface area contributed by atoms with Gasteiger partial charge in [0, 0.05) is 0 Å². The van der Waals surface area contributed by atoms with Crippen molar-refractivity contribution in [3.8, 4) is 0 Å². The minimum absolute atomic E-state index is 0.428. The maximum Gasteiger partial charge on any atom is 0.263 e. The first kappa shape index (κ1) is 19.7. The Hall–Kier alpha value is -2.67. The van der Waals surface area contributed by atoms with Crippen LogP contribution in [0.3, 0.4) is 0 Å². The molecule has 2 rings (SSSR count). The number of hydrazone groups is 1. The molecule has 26 heavy (non-hydrogen) atoms. The second-order valence-electron chi connectivity index (χ2n) is 6.11. The summed E-state index contributed by atoms with van der Waals surface area (Å²) in [6.07, 6.45) is 1.07. The highest BCUT2D eigenvalue weighted by Gasteiger charge is 2.28. The molecule has 6 nitrogen and oxygen atoms in total. The zero-order chi connectivity index (χ0) is 19.3. The molecule has 1 amide bonds. The smallest absolute Gasteiger partial charge is 0.263 e. The number of amides is 1. The first-order chi connectivity index (χ1) is 12.2. The lowest BCUT2D eigenvalue weighted by Gasteiger charge is -2.27. The van der Waals surface area contributed by atoms with Gasteiger partial charge in [0.1, 0.15) is 6.04 Å². The molecular formula is C19H23N3O3S. The van der Waals surface area contributed by atoms with Crippen molar-refractivity contribution in [2.24, 2.45) is 5.10 Å². The Morgan fingerprint density at radius 1 is 1.08 bits per heavy atom. The van der Waals surface area contributed by atoms with Crippen molar-refractivity contribution in [1.82, 2.24) is 5.43 Å². The topological polar surface area (TPSA) is 78.8 Å². The Bertz CT molecular complexity index is 891. The Morgan fingerprint density at radius 3 is 2.19 bits per heavy atom. The largest absolute Gasteiger partial charge is 0.271 e. The zero-order valence-electron chi connectivity index (χ0n) is 15.3. The van der Waals surface area contributed by atoms with Gasteiger partial charge in [0.15, 0.2) is 0 Å². The monoisotopic (exact) mass is 373 g/mol. The second kappa shape index (κ2) is 8.14.